The van der Waals surface area contributed by atoms with Gasteiger partial charge in [-0.1, -0.05) is 0 Å². The SMILES string of the molecule is COC(=O)Nc1cc(C(F)(F)F)c(-c2nn3cc(Br)cc3c(=O)[nH]2)cn1. The van der Waals surface area contributed by atoms with Crippen LogP contribution in [0.2, 0.25) is 0 Å². The first-order valence-electron chi connectivity index (χ1n) is 6.90. The molecule has 136 valence electrons. The van der Waals surface area contributed by atoms with Crippen LogP contribution in [0, 0.1) is 0 Å². The lowest BCUT2D eigenvalue weighted by Crippen LogP contribution is -2.17. The van der Waals surface area contributed by atoms with Crippen LogP contribution in [0.5, 0.6) is 0 Å². The molecule has 0 bridgehead atoms. The number of aromatic nitrogens is 4. The Balaban J connectivity index is 2.18. The number of hydrogen-bond donors (Lipinski definition) is 2. The van der Waals surface area contributed by atoms with Crippen molar-refractivity contribution in [3.8, 4) is 11.4 Å². The van der Waals surface area contributed by atoms with E-state index in [0.29, 0.717) is 10.5 Å². The molecule has 0 fully saturated rings. The summed E-state index contributed by atoms with van der Waals surface area (Å²) in [6.07, 6.45) is -3.46. The molecular formula is C14H9BrF3N5O3. The number of aromatic amines is 1. The van der Waals surface area contributed by atoms with Gasteiger partial charge in [0, 0.05) is 22.4 Å². The normalized spacial score (nSPS) is 11.6. The van der Waals surface area contributed by atoms with E-state index in [1.165, 1.54) is 12.3 Å². The highest BCUT2D eigenvalue weighted by Gasteiger charge is 2.35. The number of nitrogens with zero attached hydrogens (tertiary/aromatic N) is 3. The number of methoxy groups -OCH3 is 1. The number of carbonyl (C=O) groups is 1. The van der Waals surface area contributed by atoms with Gasteiger partial charge in [-0.05, 0) is 28.1 Å². The van der Waals surface area contributed by atoms with Gasteiger partial charge in [-0.15, -0.1) is 5.10 Å². The molecule has 26 heavy (non-hydrogen) atoms. The second-order valence-corrected chi connectivity index (χ2v) is 5.94. The summed E-state index contributed by atoms with van der Waals surface area (Å²) in [5.74, 6) is -0.685. The van der Waals surface area contributed by atoms with Gasteiger partial charge in [0.1, 0.15) is 11.3 Å². The van der Waals surface area contributed by atoms with E-state index in [4.69, 9.17) is 0 Å². The molecule has 3 heterocycles. The van der Waals surface area contributed by atoms with Crippen LogP contribution in [-0.2, 0) is 10.9 Å². The minimum atomic E-state index is -4.78. The molecule has 0 aliphatic heterocycles. The van der Waals surface area contributed by atoms with Crippen molar-refractivity contribution in [2.24, 2.45) is 0 Å². The molecule has 0 unspecified atom stereocenters. The lowest BCUT2D eigenvalue weighted by Gasteiger charge is -2.13. The van der Waals surface area contributed by atoms with Gasteiger partial charge in [-0.25, -0.2) is 14.3 Å². The molecular weight excluding hydrogens is 423 g/mol. The number of H-pyrrole nitrogens is 1. The van der Waals surface area contributed by atoms with Crippen molar-refractivity contribution >= 4 is 33.4 Å². The number of halogens is 4. The van der Waals surface area contributed by atoms with Crippen molar-refractivity contribution in [2.75, 3.05) is 12.4 Å². The summed E-state index contributed by atoms with van der Waals surface area (Å²) in [7, 11) is 1.06. The van der Waals surface area contributed by atoms with E-state index in [1.807, 2.05) is 0 Å². The lowest BCUT2D eigenvalue weighted by molar-refractivity contribution is -0.137. The highest BCUT2D eigenvalue weighted by atomic mass is 79.9. The van der Waals surface area contributed by atoms with Crippen LogP contribution in [0.4, 0.5) is 23.8 Å². The average Bonchev–Trinajstić information content (AvgIpc) is 2.94. The zero-order chi connectivity index (χ0) is 19.1. The molecule has 0 spiro atoms. The second-order valence-electron chi connectivity index (χ2n) is 5.02. The van der Waals surface area contributed by atoms with Crippen LogP contribution in [0.15, 0.2) is 33.8 Å². The third-order valence-electron chi connectivity index (χ3n) is 3.32. The minimum Gasteiger partial charge on any atom is -0.453 e. The third kappa shape index (κ3) is 3.40. The van der Waals surface area contributed by atoms with Gasteiger partial charge in [0.05, 0.1) is 12.7 Å². The first kappa shape index (κ1) is 17.9. The molecule has 12 heteroatoms. The maximum atomic E-state index is 13.4. The summed E-state index contributed by atoms with van der Waals surface area (Å²) in [5.41, 5.74) is -2.04. The third-order valence-corrected chi connectivity index (χ3v) is 3.75. The van der Waals surface area contributed by atoms with E-state index in [-0.39, 0.29) is 17.2 Å². The summed E-state index contributed by atoms with van der Waals surface area (Å²) in [4.78, 5) is 29.3. The highest BCUT2D eigenvalue weighted by molar-refractivity contribution is 9.10. The number of hydrogen-bond acceptors (Lipinski definition) is 5. The maximum absolute atomic E-state index is 13.4. The van der Waals surface area contributed by atoms with Crippen LogP contribution >= 0.6 is 15.9 Å². The van der Waals surface area contributed by atoms with Gasteiger partial charge in [-0.2, -0.15) is 13.2 Å². The summed E-state index contributed by atoms with van der Waals surface area (Å²) in [5, 5.41) is 6.04. The monoisotopic (exact) mass is 431 g/mol. The Morgan fingerprint density at radius 3 is 2.77 bits per heavy atom. The molecule has 3 rings (SSSR count). The summed E-state index contributed by atoms with van der Waals surface area (Å²) in [6, 6.07) is 2.10. The summed E-state index contributed by atoms with van der Waals surface area (Å²) in [6.45, 7) is 0. The topological polar surface area (TPSA) is 101 Å². The zero-order valence-corrected chi connectivity index (χ0v) is 14.5. The molecule has 0 aromatic carbocycles. The fourth-order valence-electron chi connectivity index (χ4n) is 2.20. The molecule has 8 nitrogen and oxygen atoms in total. The molecule has 0 aliphatic carbocycles. The van der Waals surface area contributed by atoms with Crippen LogP contribution in [0.25, 0.3) is 16.9 Å². The quantitative estimate of drug-likeness (QED) is 0.649. The largest absolute Gasteiger partial charge is 0.453 e. The summed E-state index contributed by atoms with van der Waals surface area (Å²) < 4.78 is 46.4. The Bertz CT molecular complexity index is 1060. The van der Waals surface area contributed by atoms with Gasteiger partial charge in [0.25, 0.3) is 5.56 Å². The smallest absolute Gasteiger partial charge is 0.417 e. The van der Waals surface area contributed by atoms with Crippen LogP contribution in [0.1, 0.15) is 5.56 Å². The molecule has 0 saturated carbocycles. The predicted octanol–water partition coefficient (Wildman–Crippen LogP) is 3.04. The van der Waals surface area contributed by atoms with Gasteiger partial charge in [0.2, 0.25) is 0 Å². The Morgan fingerprint density at radius 1 is 1.38 bits per heavy atom. The molecule has 0 atom stereocenters. The maximum Gasteiger partial charge on any atom is 0.417 e. The van der Waals surface area contributed by atoms with Gasteiger partial charge in [-0.3, -0.25) is 10.1 Å². The number of rotatable bonds is 2. The van der Waals surface area contributed by atoms with E-state index in [2.05, 4.69) is 41.1 Å². The predicted molar refractivity (Wildman–Crippen MR) is 87.8 cm³/mol. The number of fused-ring (bicyclic) bond motifs is 1. The fraction of sp³-hybridized carbons (Fsp3) is 0.143. The number of amides is 1. The Kier molecular flexibility index (Phi) is 4.44. The molecule has 0 aliphatic rings. The number of anilines is 1. The van der Waals surface area contributed by atoms with Gasteiger partial charge >= 0.3 is 12.3 Å². The molecule has 0 saturated heterocycles. The molecule has 0 radical (unpaired) electrons. The number of alkyl halides is 3. The number of ether oxygens (including phenoxy) is 1. The van der Waals surface area contributed by atoms with E-state index in [1.54, 1.807) is 0 Å². The number of carbonyl (C=O) groups excluding carboxylic acids is 1. The number of pyridine rings is 1. The highest BCUT2D eigenvalue weighted by Crippen LogP contribution is 2.36. The molecule has 2 N–H and O–H groups in total. The van der Waals surface area contributed by atoms with Crippen molar-refractivity contribution in [3.63, 3.8) is 0 Å². The van der Waals surface area contributed by atoms with Crippen molar-refractivity contribution in [3.05, 3.63) is 44.9 Å². The fourth-order valence-corrected chi connectivity index (χ4v) is 2.61. The van der Waals surface area contributed by atoms with E-state index >= 15 is 0 Å². The van der Waals surface area contributed by atoms with E-state index < -0.39 is 29.0 Å². The Hall–Kier alpha value is -2.89. The lowest BCUT2D eigenvalue weighted by atomic mass is 10.1. The van der Waals surface area contributed by atoms with E-state index in [9.17, 15) is 22.8 Å². The van der Waals surface area contributed by atoms with Crippen molar-refractivity contribution in [1.82, 2.24) is 19.6 Å². The van der Waals surface area contributed by atoms with Crippen molar-refractivity contribution in [1.29, 1.82) is 0 Å². The Morgan fingerprint density at radius 2 is 2.12 bits per heavy atom. The van der Waals surface area contributed by atoms with E-state index in [0.717, 1.165) is 17.8 Å². The first-order chi connectivity index (χ1) is 12.2. The van der Waals surface area contributed by atoms with Crippen molar-refractivity contribution in [2.45, 2.75) is 6.18 Å². The minimum absolute atomic E-state index is 0.158. The Labute approximate surface area is 151 Å². The van der Waals surface area contributed by atoms with Gasteiger partial charge < -0.3 is 9.72 Å². The standard InChI is InChI=1S/C14H9BrF3N5O3/c1-26-13(25)20-10-3-8(14(16,17)18)7(4-19-10)11-21-12(24)9-2-6(15)5-23(9)22-11/h2-5H,1H3,(H,19,20,25)(H,21,22,24). The molecule has 3 aromatic heterocycles. The van der Waals surface area contributed by atoms with Crippen LogP contribution in [0.3, 0.4) is 0 Å². The van der Waals surface area contributed by atoms with Gasteiger partial charge in [0.15, 0.2) is 5.82 Å². The first-order valence-corrected chi connectivity index (χ1v) is 7.69. The van der Waals surface area contributed by atoms with Crippen LogP contribution < -0.4 is 10.9 Å². The molecule has 3 aromatic rings. The summed E-state index contributed by atoms with van der Waals surface area (Å²) >= 11 is 3.17. The van der Waals surface area contributed by atoms with Crippen molar-refractivity contribution < 1.29 is 22.7 Å². The average molecular weight is 432 g/mol. The zero-order valence-electron chi connectivity index (χ0n) is 12.9. The second kappa shape index (κ2) is 6.44. The van der Waals surface area contributed by atoms with Crippen LogP contribution in [-0.4, -0.2) is 32.8 Å². The molecule has 1 amide bonds. The number of nitrogens with one attached hydrogen (secondary N) is 2.